The van der Waals surface area contributed by atoms with Gasteiger partial charge in [-0.2, -0.15) is 0 Å². The number of H-pyrrole nitrogens is 1. The fourth-order valence-electron chi connectivity index (χ4n) is 4.27. The van der Waals surface area contributed by atoms with Gasteiger partial charge in [0, 0.05) is 31.1 Å². The molecular formula is C31H39N5O4Si. The lowest BCUT2D eigenvalue weighted by molar-refractivity contribution is -0.114. The van der Waals surface area contributed by atoms with Crippen molar-refractivity contribution in [2.75, 3.05) is 5.32 Å². The molecule has 0 unspecified atom stereocenters. The number of aromatic amines is 1. The lowest BCUT2D eigenvalue weighted by Crippen LogP contribution is -2.40. The van der Waals surface area contributed by atoms with Gasteiger partial charge in [0.25, 0.3) is 5.56 Å². The molecule has 0 bridgehead atoms. The number of hydrogen-bond donors (Lipinski definition) is 2. The molecule has 1 amide bonds. The molecule has 9 nitrogen and oxygen atoms in total. The van der Waals surface area contributed by atoms with Crippen LogP contribution in [0.3, 0.4) is 0 Å². The predicted octanol–water partition coefficient (Wildman–Crippen LogP) is 5.14. The van der Waals surface area contributed by atoms with Crippen LogP contribution in [0.1, 0.15) is 71.3 Å². The summed E-state index contributed by atoms with van der Waals surface area (Å²) >= 11 is 0. The molecule has 2 aromatic carbocycles. The van der Waals surface area contributed by atoms with E-state index in [1.54, 1.807) is 4.57 Å². The molecule has 4 aromatic rings. The Labute approximate surface area is 242 Å². The third kappa shape index (κ3) is 7.05. The second-order valence-corrected chi connectivity index (χ2v) is 13.0. The molecule has 0 saturated heterocycles. The monoisotopic (exact) mass is 573 g/mol. The Morgan fingerprint density at radius 3 is 2.46 bits per heavy atom. The number of rotatable bonds is 12. The van der Waals surface area contributed by atoms with Gasteiger partial charge in [-0.05, 0) is 41.1 Å². The third-order valence-corrected chi connectivity index (χ3v) is 8.89. The number of imidazole rings is 1. The smallest absolute Gasteiger partial charge is 0.333 e. The van der Waals surface area contributed by atoms with Crippen LogP contribution in [0.25, 0.3) is 11.2 Å². The Kier molecular flexibility index (Phi) is 9.32. The van der Waals surface area contributed by atoms with Crippen molar-refractivity contribution in [3.8, 4) is 5.75 Å². The first-order valence-electron chi connectivity index (χ1n) is 14.1. The van der Waals surface area contributed by atoms with Gasteiger partial charge in [0.15, 0.2) is 5.65 Å². The maximum absolute atomic E-state index is 13.7. The van der Waals surface area contributed by atoms with E-state index in [9.17, 15) is 14.4 Å². The van der Waals surface area contributed by atoms with Crippen molar-refractivity contribution in [1.82, 2.24) is 19.1 Å². The molecule has 2 radical (unpaired) electrons. The number of amides is 1. The standard InChI is InChI=1S/C31H39N5O4Si/c1-7-8-17-35-28-27(33-26(34-28)18-22-13-15-24(16-14-22)32-21(4)37)29(38)36(30(35)39)19-23-11-9-10-12-25(23)40-41-31(5,6)20(2)3/h9-16,20H,7-8,17-19H2,1-6H3,(H,32,37)(H,33,34). The molecule has 41 heavy (non-hydrogen) atoms. The van der Waals surface area contributed by atoms with Crippen LogP contribution in [0.4, 0.5) is 5.69 Å². The van der Waals surface area contributed by atoms with Gasteiger partial charge in [0.05, 0.1) is 6.54 Å². The number of aryl methyl sites for hydroxylation is 1. The Morgan fingerprint density at radius 2 is 1.80 bits per heavy atom. The van der Waals surface area contributed by atoms with Gasteiger partial charge < -0.3 is 14.7 Å². The summed E-state index contributed by atoms with van der Waals surface area (Å²) in [6.45, 7) is 12.8. The van der Waals surface area contributed by atoms with E-state index in [-0.39, 0.29) is 32.9 Å². The largest absolute Gasteiger partial charge is 0.540 e. The summed E-state index contributed by atoms with van der Waals surface area (Å²) in [5.74, 6) is 1.57. The van der Waals surface area contributed by atoms with E-state index in [1.165, 1.54) is 11.5 Å². The normalized spacial score (nSPS) is 11.8. The quantitative estimate of drug-likeness (QED) is 0.228. The van der Waals surface area contributed by atoms with E-state index in [2.05, 4.69) is 44.9 Å². The fraction of sp³-hybridized carbons (Fsp3) is 0.419. The molecule has 0 spiro atoms. The maximum Gasteiger partial charge on any atom is 0.333 e. The van der Waals surface area contributed by atoms with E-state index in [1.807, 2.05) is 48.5 Å². The first-order valence-corrected chi connectivity index (χ1v) is 15.0. The summed E-state index contributed by atoms with van der Waals surface area (Å²) in [6.07, 6.45) is 2.12. The van der Waals surface area contributed by atoms with Crippen LogP contribution in [0, 0.1) is 5.92 Å². The fourth-order valence-corrected chi connectivity index (χ4v) is 5.07. The number of carbonyl (C=O) groups is 1. The van der Waals surface area contributed by atoms with Gasteiger partial charge >= 0.3 is 15.5 Å². The molecule has 2 N–H and O–H groups in total. The molecular weight excluding hydrogens is 534 g/mol. The van der Waals surface area contributed by atoms with Crippen LogP contribution in [0.15, 0.2) is 58.1 Å². The number of anilines is 1. The number of hydrogen-bond acceptors (Lipinski definition) is 5. The topological polar surface area (TPSA) is 111 Å². The van der Waals surface area contributed by atoms with E-state index in [4.69, 9.17) is 9.41 Å². The number of carbonyl (C=O) groups excluding carboxylic acids is 1. The molecule has 0 saturated carbocycles. The zero-order chi connectivity index (χ0) is 29.7. The van der Waals surface area contributed by atoms with E-state index < -0.39 is 5.56 Å². The first kappa shape index (κ1) is 30.0. The van der Waals surface area contributed by atoms with E-state index in [0.717, 1.165) is 24.0 Å². The van der Waals surface area contributed by atoms with Crippen LogP contribution in [0.2, 0.25) is 5.04 Å². The van der Waals surface area contributed by atoms with E-state index in [0.29, 0.717) is 47.3 Å². The number of fused-ring (bicyclic) bond motifs is 1. The molecule has 216 valence electrons. The van der Waals surface area contributed by atoms with Crippen molar-refractivity contribution in [2.24, 2.45) is 5.92 Å². The highest BCUT2D eigenvalue weighted by molar-refractivity contribution is 6.33. The zero-order valence-electron chi connectivity index (χ0n) is 24.7. The van der Waals surface area contributed by atoms with Crippen LogP contribution >= 0.6 is 0 Å². The van der Waals surface area contributed by atoms with Crippen LogP contribution in [-0.4, -0.2) is 34.8 Å². The Morgan fingerprint density at radius 1 is 1.10 bits per heavy atom. The number of nitrogens with one attached hydrogen (secondary N) is 2. The summed E-state index contributed by atoms with van der Waals surface area (Å²) in [7, 11) is 0.230. The third-order valence-electron chi connectivity index (χ3n) is 7.46. The second-order valence-electron chi connectivity index (χ2n) is 11.3. The van der Waals surface area contributed by atoms with Crippen molar-refractivity contribution in [3.63, 3.8) is 0 Å². The second kappa shape index (κ2) is 12.7. The predicted molar refractivity (Wildman–Crippen MR) is 164 cm³/mol. The highest BCUT2D eigenvalue weighted by Gasteiger charge is 2.27. The average molecular weight is 574 g/mol. The van der Waals surface area contributed by atoms with Crippen LogP contribution < -0.4 is 21.0 Å². The lowest BCUT2D eigenvalue weighted by Gasteiger charge is -2.27. The summed E-state index contributed by atoms with van der Waals surface area (Å²) in [5, 5.41) is 2.75. The molecule has 0 atom stereocenters. The molecule has 2 heterocycles. The zero-order valence-corrected chi connectivity index (χ0v) is 25.7. The van der Waals surface area contributed by atoms with Crippen molar-refractivity contribution in [2.45, 2.75) is 78.9 Å². The van der Waals surface area contributed by atoms with Gasteiger partial charge in [0.2, 0.25) is 5.91 Å². The average Bonchev–Trinajstić information content (AvgIpc) is 3.35. The minimum absolute atomic E-state index is 0.00763. The first-order chi connectivity index (χ1) is 19.5. The molecule has 4 rings (SSSR count). The van der Waals surface area contributed by atoms with E-state index >= 15 is 0 Å². The SMILES string of the molecule is CCCCn1c(=O)n(Cc2ccccc2O[Si]C(C)(C)C(C)C)c(=O)c2[nH]c(Cc3ccc(NC(C)=O)cc3)nc21. The van der Waals surface area contributed by atoms with Gasteiger partial charge in [-0.1, -0.05) is 71.4 Å². The number of nitrogens with zero attached hydrogens (tertiary/aromatic N) is 3. The van der Waals surface area contributed by atoms with Crippen molar-refractivity contribution < 1.29 is 9.22 Å². The van der Waals surface area contributed by atoms with Crippen molar-refractivity contribution in [3.05, 3.63) is 86.3 Å². The Hall–Kier alpha value is -3.92. The lowest BCUT2D eigenvalue weighted by atomic mass is 9.99. The van der Waals surface area contributed by atoms with Gasteiger partial charge in [-0.3, -0.25) is 18.7 Å². The Balaban J connectivity index is 1.70. The number of unbranched alkanes of at least 4 members (excludes halogenated alkanes) is 1. The molecule has 0 fully saturated rings. The van der Waals surface area contributed by atoms with Crippen molar-refractivity contribution >= 4 is 32.5 Å². The highest BCUT2D eigenvalue weighted by atomic mass is 28.2. The molecule has 0 aliphatic carbocycles. The number of benzene rings is 2. The Bertz CT molecular complexity index is 1630. The van der Waals surface area contributed by atoms with Gasteiger partial charge in [0.1, 0.15) is 17.1 Å². The minimum Gasteiger partial charge on any atom is -0.540 e. The van der Waals surface area contributed by atoms with Gasteiger partial charge in [-0.25, -0.2) is 9.78 Å². The molecule has 10 heteroatoms. The summed E-state index contributed by atoms with van der Waals surface area (Å²) < 4.78 is 9.14. The summed E-state index contributed by atoms with van der Waals surface area (Å²) in [4.78, 5) is 46.6. The number of para-hydroxylation sites is 1. The summed E-state index contributed by atoms with van der Waals surface area (Å²) in [5.41, 5.74) is 2.34. The highest BCUT2D eigenvalue weighted by Crippen LogP contribution is 2.33. The maximum atomic E-state index is 13.7. The van der Waals surface area contributed by atoms with Crippen LogP contribution in [0.5, 0.6) is 5.75 Å². The van der Waals surface area contributed by atoms with Gasteiger partial charge in [-0.15, -0.1) is 0 Å². The van der Waals surface area contributed by atoms with Crippen molar-refractivity contribution in [1.29, 1.82) is 0 Å². The molecule has 0 aliphatic rings. The minimum atomic E-state index is -0.405. The molecule has 0 aliphatic heterocycles. The summed E-state index contributed by atoms with van der Waals surface area (Å²) in [6, 6.07) is 15.0. The molecule has 2 aromatic heterocycles. The number of aromatic nitrogens is 4. The van der Waals surface area contributed by atoms with Crippen LogP contribution in [-0.2, 0) is 24.3 Å².